The quantitative estimate of drug-likeness (QED) is 0.840. The summed E-state index contributed by atoms with van der Waals surface area (Å²) < 4.78 is 14.7. The first kappa shape index (κ1) is 11.3. The van der Waals surface area contributed by atoms with E-state index in [-0.39, 0.29) is 17.4 Å². The minimum atomic E-state index is -0.512. The van der Waals surface area contributed by atoms with Gasteiger partial charge in [-0.05, 0) is 25.1 Å². The Morgan fingerprint density at radius 3 is 2.76 bits per heavy atom. The van der Waals surface area contributed by atoms with Crippen LogP contribution in [0.5, 0.6) is 0 Å². The second kappa shape index (κ2) is 4.01. The van der Waals surface area contributed by atoms with Gasteiger partial charge in [-0.15, -0.1) is 0 Å². The van der Waals surface area contributed by atoms with E-state index in [0.717, 1.165) is 6.07 Å². The summed E-state index contributed by atoms with van der Waals surface area (Å²) in [7, 11) is 0. The number of carbonyl (C=O) groups excluding carboxylic acids is 1. The van der Waals surface area contributed by atoms with Gasteiger partial charge in [0.25, 0.3) is 0 Å². The van der Waals surface area contributed by atoms with Crippen LogP contribution < -0.4 is 11.2 Å². The van der Waals surface area contributed by atoms with Gasteiger partial charge in [0.05, 0.1) is 5.52 Å². The van der Waals surface area contributed by atoms with Gasteiger partial charge >= 0.3 is 0 Å². The number of hydrogen-bond donors (Lipinski definition) is 1. The Balaban J connectivity index is 2.83. The second-order valence-electron chi connectivity index (χ2n) is 3.86. The number of pyridine rings is 1. The van der Waals surface area contributed by atoms with Crippen LogP contribution in [-0.4, -0.2) is 10.5 Å². The van der Waals surface area contributed by atoms with Gasteiger partial charge < -0.3 is 10.3 Å². The van der Waals surface area contributed by atoms with Crippen molar-refractivity contribution in [2.24, 2.45) is 5.73 Å². The lowest BCUT2D eigenvalue weighted by molar-refractivity contribution is -0.118. The second-order valence-corrected chi connectivity index (χ2v) is 3.86. The molecule has 0 fully saturated rings. The Morgan fingerprint density at radius 1 is 1.41 bits per heavy atom. The van der Waals surface area contributed by atoms with Crippen LogP contribution in [0.25, 0.3) is 10.9 Å². The molecule has 2 N–H and O–H groups in total. The van der Waals surface area contributed by atoms with E-state index in [1.165, 1.54) is 18.2 Å². The minimum Gasteiger partial charge on any atom is -0.368 e. The number of primary amides is 1. The van der Waals surface area contributed by atoms with Gasteiger partial charge in [-0.1, -0.05) is 0 Å². The molecule has 0 aliphatic heterocycles. The number of aromatic nitrogens is 1. The van der Waals surface area contributed by atoms with E-state index in [1.807, 2.05) is 0 Å². The summed E-state index contributed by atoms with van der Waals surface area (Å²) >= 11 is 0. The molecule has 1 aromatic heterocycles. The average molecular weight is 234 g/mol. The topological polar surface area (TPSA) is 65.1 Å². The first-order chi connectivity index (χ1) is 7.99. The molecule has 0 saturated heterocycles. The van der Waals surface area contributed by atoms with E-state index >= 15 is 0 Å². The van der Waals surface area contributed by atoms with Crippen molar-refractivity contribution in [3.8, 4) is 0 Å². The van der Waals surface area contributed by atoms with Crippen LogP contribution in [0, 0.1) is 12.7 Å². The lowest BCUT2D eigenvalue weighted by atomic mass is 10.1. The van der Waals surface area contributed by atoms with E-state index in [1.54, 1.807) is 11.5 Å². The van der Waals surface area contributed by atoms with Crippen molar-refractivity contribution in [2.45, 2.75) is 13.5 Å². The van der Waals surface area contributed by atoms with Gasteiger partial charge in [-0.25, -0.2) is 4.39 Å². The molecule has 1 heterocycles. The highest BCUT2D eigenvalue weighted by Crippen LogP contribution is 2.14. The standard InChI is InChI=1S/C12H11FN2O2/c1-7-4-11(16)9-5-8(13)2-3-10(9)15(7)6-12(14)17/h2-5H,6H2,1H3,(H2,14,17). The molecule has 5 heteroatoms. The third kappa shape index (κ3) is 2.04. The summed E-state index contributed by atoms with van der Waals surface area (Å²) in [5.41, 5.74) is 6.00. The Hall–Kier alpha value is -2.17. The molecule has 1 amide bonds. The number of fused-ring (bicyclic) bond motifs is 1. The van der Waals surface area contributed by atoms with Crippen LogP contribution in [0.4, 0.5) is 4.39 Å². The molecule has 0 saturated carbocycles. The highest BCUT2D eigenvalue weighted by Gasteiger charge is 2.08. The molecular formula is C12H11FN2O2. The first-order valence-electron chi connectivity index (χ1n) is 5.07. The fourth-order valence-electron chi connectivity index (χ4n) is 1.84. The van der Waals surface area contributed by atoms with Crippen molar-refractivity contribution in [2.75, 3.05) is 0 Å². The van der Waals surface area contributed by atoms with E-state index in [2.05, 4.69) is 0 Å². The molecule has 1 aromatic carbocycles. The van der Waals surface area contributed by atoms with Gasteiger partial charge in [0.2, 0.25) is 5.91 Å². The largest absolute Gasteiger partial charge is 0.368 e. The predicted octanol–water partition coefficient (Wildman–Crippen LogP) is 0.934. The van der Waals surface area contributed by atoms with E-state index in [0.29, 0.717) is 11.2 Å². The molecule has 0 unspecified atom stereocenters. The molecule has 0 radical (unpaired) electrons. The summed E-state index contributed by atoms with van der Waals surface area (Å²) in [5.74, 6) is -0.994. The highest BCUT2D eigenvalue weighted by atomic mass is 19.1. The molecule has 0 aliphatic rings. The molecule has 2 aromatic rings. The first-order valence-corrected chi connectivity index (χ1v) is 5.07. The Bertz CT molecular complexity index is 661. The fraction of sp³-hybridized carbons (Fsp3) is 0.167. The lowest BCUT2D eigenvalue weighted by Gasteiger charge is -2.12. The number of amides is 1. The minimum absolute atomic E-state index is 0.0335. The van der Waals surface area contributed by atoms with E-state index in [9.17, 15) is 14.0 Å². The number of aryl methyl sites for hydroxylation is 1. The number of hydrogen-bond acceptors (Lipinski definition) is 2. The highest BCUT2D eigenvalue weighted by molar-refractivity contribution is 5.82. The van der Waals surface area contributed by atoms with E-state index in [4.69, 9.17) is 5.73 Å². The molecule has 0 spiro atoms. The molecule has 4 nitrogen and oxygen atoms in total. The van der Waals surface area contributed by atoms with Crippen molar-refractivity contribution >= 4 is 16.8 Å². The van der Waals surface area contributed by atoms with Gasteiger partial charge in [-0.3, -0.25) is 9.59 Å². The number of nitrogens with two attached hydrogens (primary N) is 1. The summed E-state index contributed by atoms with van der Waals surface area (Å²) in [5, 5.41) is 0.247. The smallest absolute Gasteiger partial charge is 0.237 e. The van der Waals surface area contributed by atoms with Gasteiger partial charge in [0, 0.05) is 17.1 Å². The van der Waals surface area contributed by atoms with Crippen molar-refractivity contribution in [1.82, 2.24) is 4.57 Å². The predicted molar refractivity (Wildman–Crippen MR) is 62.1 cm³/mol. The SMILES string of the molecule is Cc1cc(=O)c2cc(F)ccc2n1CC(N)=O. The van der Waals surface area contributed by atoms with Crippen LogP contribution in [0.2, 0.25) is 0 Å². The molecule has 2 rings (SSSR count). The monoisotopic (exact) mass is 234 g/mol. The Morgan fingerprint density at radius 2 is 2.12 bits per heavy atom. The number of nitrogens with zero attached hydrogens (tertiary/aromatic N) is 1. The zero-order valence-corrected chi connectivity index (χ0v) is 9.24. The molecule has 0 atom stereocenters. The van der Waals surface area contributed by atoms with Crippen LogP contribution in [0.1, 0.15) is 5.69 Å². The molecule has 88 valence electrons. The third-order valence-electron chi connectivity index (χ3n) is 2.59. The van der Waals surface area contributed by atoms with Crippen molar-refractivity contribution in [3.63, 3.8) is 0 Å². The Labute approximate surface area is 96.5 Å². The van der Waals surface area contributed by atoms with E-state index < -0.39 is 11.7 Å². The molecule has 0 bridgehead atoms. The van der Waals surface area contributed by atoms with Gasteiger partial charge in [0.15, 0.2) is 5.43 Å². The average Bonchev–Trinajstić information content (AvgIpc) is 2.24. The van der Waals surface area contributed by atoms with Crippen molar-refractivity contribution in [1.29, 1.82) is 0 Å². The fourth-order valence-corrected chi connectivity index (χ4v) is 1.84. The van der Waals surface area contributed by atoms with Gasteiger partial charge in [0.1, 0.15) is 12.4 Å². The number of rotatable bonds is 2. The normalized spacial score (nSPS) is 10.7. The zero-order chi connectivity index (χ0) is 12.6. The van der Waals surface area contributed by atoms with Gasteiger partial charge in [-0.2, -0.15) is 0 Å². The maximum absolute atomic E-state index is 13.1. The number of carbonyl (C=O) groups is 1. The lowest BCUT2D eigenvalue weighted by Crippen LogP contribution is -2.22. The van der Waals surface area contributed by atoms with Crippen LogP contribution in [0.15, 0.2) is 29.1 Å². The Kier molecular flexibility index (Phi) is 2.67. The maximum atomic E-state index is 13.1. The molecule has 0 aliphatic carbocycles. The molecular weight excluding hydrogens is 223 g/mol. The van der Waals surface area contributed by atoms with Crippen LogP contribution in [0.3, 0.4) is 0 Å². The summed E-state index contributed by atoms with van der Waals surface area (Å²) in [6.07, 6.45) is 0. The summed E-state index contributed by atoms with van der Waals surface area (Å²) in [6.45, 7) is 1.67. The van der Waals surface area contributed by atoms with Crippen molar-refractivity contribution in [3.05, 3.63) is 46.0 Å². The van der Waals surface area contributed by atoms with Crippen molar-refractivity contribution < 1.29 is 9.18 Å². The maximum Gasteiger partial charge on any atom is 0.237 e. The number of benzene rings is 1. The number of halogens is 1. The zero-order valence-electron chi connectivity index (χ0n) is 9.24. The van der Waals surface area contributed by atoms with Crippen LogP contribution >= 0.6 is 0 Å². The third-order valence-corrected chi connectivity index (χ3v) is 2.59. The summed E-state index contributed by atoms with van der Waals surface area (Å²) in [6, 6.07) is 5.25. The van der Waals surface area contributed by atoms with Crippen LogP contribution in [-0.2, 0) is 11.3 Å². The molecule has 17 heavy (non-hydrogen) atoms. The summed E-state index contributed by atoms with van der Waals surface area (Å²) in [4.78, 5) is 22.7.